The Morgan fingerprint density at radius 1 is 1.39 bits per heavy atom. The quantitative estimate of drug-likeness (QED) is 0.894. The fourth-order valence-corrected chi connectivity index (χ4v) is 5.32. The van der Waals surface area contributed by atoms with Crippen molar-refractivity contribution in [3.8, 4) is 0 Å². The first-order valence-corrected chi connectivity index (χ1v) is 8.03. The van der Waals surface area contributed by atoms with E-state index in [-0.39, 0.29) is 0 Å². The van der Waals surface area contributed by atoms with Gasteiger partial charge in [-0.15, -0.1) is 11.8 Å². The smallest absolute Gasteiger partial charge is 0.0141 e. The standard InChI is InChI=1S/C16H23NS/c1-12-6-7-16(9-12,11-17)10-14-8-13-4-2-3-5-15(13)18-14/h2-5,12,14H,6-11,17H2,1H3. The lowest BCUT2D eigenvalue weighted by Crippen LogP contribution is -2.31. The van der Waals surface area contributed by atoms with Gasteiger partial charge in [-0.3, -0.25) is 0 Å². The molecule has 1 heterocycles. The van der Waals surface area contributed by atoms with Crippen molar-refractivity contribution in [1.82, 2.24) is 0 Å². The van der Waals surface area contributed by atoms with Gasteiger partial charge in [-0.05, 0) is 55.2 Å². The molecule has 98 valence electrons. The summed E-state index contributed by atoms with van der Waals surface area (Å²) in [6, 6.07) is 8.88. The summed E-state index contributed by atoms with van der Waals surface area (Å²) < 4.78 is 0. The average Bonchev–Trinajstić information content (AvgIpc) is 2.93. The van der Waals surface area contributed by atoms with Crippen molar-refractivity contribution in [3.05, 3.63) is 29.8 Å². The van der Waals surface area contributed by atoms with Gasteiger partial charge in [0.15, 0.2) is 0 Å². The predicted octanol–water partition coefficient (Wildman–Crippen LogP) is 3.86. The van der Waals surface area contributed by atoms with Gasteiger partial charge in [0.25, 0.3) is 0 Å². The molecule has 0 amide bonds. The maximum absolute atomic E-state index is 6.10. The number of benzene rings is 1. The third-order valence-corrected chi connectivity index (χ3v) is 6.08. The normalized spacial score (nSPS) is 34.8. The maximum atomic E-state index is 6.10. The molecule has 3 unspecified atom stereocenters. The second-order valence-corrected chi connectivity index (χ2v) is 7.65. The van der Waals surface area contributed by atoms with Crippen LogP contribution in [-0.2, 0) is 6.42 Å². The second-order valence-electron chi connectivity index (χ2n) is 6.31. The SMILES string of the molecule is CC1CCC(CN)(CC2Cc3ccccc3S2)C1. The molecule has 2 heteroatoms. The number of thioether (sulfide) groups is 1. The molecule has 3 rings (SSSR count). The Morgan fingerprint density at radius 2 is 2.22 bits per heavy atom. The van der Waals surface area contributed by atoms with Crippen molar-refractivity contribution in [2.24, 2.45) is 17.1 Å². The van der Waals surface area contributed by atoms with E-state index >= 15 is 0 Å². The van der Waals surface area contributed by atoms with Gasteiger partial charge >= 0.3 is 0 Å². The van der Waals surface area contributed by atoms with E-state index < -0.39 is 0 Å². The van der Waals surface area contributed by atoms with Crippen LogP contribution in [0.1, 0.15) is 38.2 Å². The molecule has 1 aliphatic carbocycles. The highest BCUT2D eigenvalue weighted by Crippen LogP contribution is 2.49. The van der Waals surface area contributed by atoms with E-state index in [1.165, 1.54) is 37.0 Å². The largest absolute Gasteiger partial charge is 0.330 e. The van der Waals surface area contributed by atoms with E-state index in [0.29, 0.717) is 5.41 Å². The van der Waals surface area contributed by atoms with E-state index in [0.717, 1.165) is 17.7 Å². The molecule has 0 aromatic heterocycles. The van der Waals surface area contributed by atoms with Gasteiger partial charge in [0, 0.05) is 10.1 Å². The van der Waals surface area contributed by atoms with Crippen molar-refractivity contribution in [2.75, 3.05) is 6.54 Å². The van der Waals surface area contributed by atoms with Gasteiger partial charge in [-0.1, -0.05) is 31.5 Å². The number of fused-ring (bicyclic) bond motifs is 1. The number of hydrogen-bond donors (Lipinski definition) is 1. The fourth-order valence-electron chi connectivity index (χ4n) is 3.80. The Kier molecular flexibility index (Phi) is 3.42. The Hall–Kier alpha value is -0.470. The third-order valence-electron chi connectivity index (χ3n) is 4.76. The lowest BCUT2D eigenvalue weighted by Gasteiger charge is -2.30. The molecule has 0 spiro atoms. The predicted molar refractivity (Wildman–Crippen MR) is 78.9 cm³/mol. The lowest BCUT2D eigenvalue weighted by molar-refractivity contribution is 0.271. The highest BCUT2D eigenvalue weighted by atomic mass is 32.2. The third kappa shape index (κ3) is 2.33. The van der Waals surface area contributed by atoms with Gasteiger partial charge in [0.05, 0.1) is 0 Å². The highest BCUT2D eigenvalue weighted by Gasteiger charge is 2.39. The summed E-state index contributed by atoms with van der Waals surface area (Å²) in [4.78, 5) is 1.50. The second kappa shape index (κ2) is 4.90. The molecular weight excluding hydrogens is 238 g/mol. The zero-order valence-electron chi connectivity index (χ0n) is 11.2. The van der Waals surface area contributed by atoms with Crippen LogP contribution in [0, 0.1) is 11.3 Å². The van der Waals surface area contributed by atoms with Crippen LogP contribution < -0.4 is 5.73 Å². The minimum absolute atomic E-state index is 0.444. The molecule has 1 aromatic carbocycles. The first kappa shape index (κ1) is 12.6. The number of nitrogens with two attached hydrogens (primary N) is 1. The van der Waals surface area contributed by atoms with Gasteiger partial charge in [-0.25, -0.2) is 0 Å². The van der Waals surface area contributed by atoms with Crippen LogP contribution in [0.25, 0.3) is 0 Å². The Balaban J connectivity index is 1.68. The first-order valence-electron chi connectivity index (χ1n) is 7.15. The summed E-state index contributed by atoms with van der Waals surface area (Å²) in [7, 11) is 0. The Bertz CT molecular complexity index is 406. The lowest BCUT2D eigenvalue weighted by atomic mass is 9.80. The molecular formula is C16H23NS. The van der Waals surface area contributed by atoms with Crippen molar-refractivity contribution >= 4 is 11.8 Å². The molecule has 3 atom stereocenters. The minimum atomic E-state index is 0.444. The van der Waals surface area contributed by atoms with Crippen molar-refractivity contribution in [3.63, 3.8) is 0 Å². The molecule has 18 heavy (non-hydrogen) atoms. The summed E-state index contributed by atoms with van der Waals surface area (Å²) in [6.07, 6.45) is 6.63. The van der Waals surface area contributed by atoms with E-state index in [1.54, 1.807) is 5.56 Å². The molecule has 2 N–H and O–H groups in total. The van der Waals surface area contributed by atoms with Crippen molar-refractivity contribution in [2.45, 2.75) is 49.2 Å². The van der Waals surface area contributed by atoms with Gasteiger partial charge in [-0.2, -0.15) is 0 Å². The molecule has 2 aliphatic rings. The molecule has 1 aliphatic heterocycles. The Morgan fingerprint density at radius 3 is 2.89 bits per heavy atom. The average molecular weight is 261 g/mol. The van der Waals surface area contributed by atoms with E-state index in [4.69, 9.17) is 5.73 Å². The first-order chi connectivity index (χ1) is 8.71. The van der Waals surface area contributed by atoms with Crippen LogP contribution in [0.5, 0.6) is 0 Å². The van der Waals surface area contributed by atoms with Crippen molar-refractivity contribution in [1.29, 1.82) is 0 Å². The Labute approximate surface area is 115 Å². The molecule has 1 aromatic rings. The zero-order valence-corrected chi connectivity index (χ0v) is 12.0. The topological polar surface area (TPSA) is 26.0 Å². The maximum Gasteiger partial charge on any atom is 0.0141 e. The highest BCUT2D eigenvalue weighted by molar-refractivity contribution is 8.00. The van der Waals surface area contributed by atoms with Crippen LogP contribution in [0.4, 0.5) is 0 Å². The summed E-state index contributed by atoms with van der Waals surface area (Å²) in [5.74, 6) is 0.877. The molecule has 0 saturated heterocycles. The summed E-state index contributed by atoms with van der Waals surface area (Å²) in [5, 5.41) is 0.760. The van der Waals surface area contributed by atoms with Crippen LogP contribution in [-0.4, -0.2) is 11.8 Å². The van der Waals surface area contributed by atoms with Gasteiger partial charge in [0.1, 0.15) is 0 Å². The van der Waals surface area contributed by atoms with Crippen LogP contribution in [0.2, 0.25) is 0 Å². The minimum Gasteiger partial charge on any atom is -0.330 e. The van der Waals surface area contributed by atoms with Gasteiger partial charge in [0.2, 0.25) is 0 Å². The van der Waals surface area contributed by atoms with E-state index in [2.05, 4.69) is 43.0 Å². The number of rotatable bonds is 3. The summed E-state index contributed by atoms with van der Waals surface area (Å²) in [5.41, 5.74) is 8.10. The van der Waals surface area contributed by atoms with E-state index in [9.17, 15) is 0 Å². The van der Waals surface area contributed by atoms with Crippen LogP contribution >= 0.6 is 11.8 Å². The summed E-state index contributed by atoms with van der Waals surface area (Å²) in [6.45, 7) is 3.26. The molecule has 0 bridgehead atoms. The monoisotopic (exact) mass is 261 g/mol. The zero-order chi connectivity index (χ0) is 12.6. The molecule has 1 fully saturated rings. The molecule has 1 nitrogen and oxygen atoms in total. The van der Waals surface area contributed by atoms with E-state index in [1.807, 2.05) is 0 Å². The van der Waals surface area contributed by atoms with Crippen LogP contribution in [0.3, 0.4) is 0 Å². The fraction of sp³-hybridized carbons (Fsp3) is 0.625. The van der Waals surface area contributed by atoms with Gasteiger partial charge < -0.3 is 5.73 Å². The number of hydrogen-bond acceptors (Lipinski definition) is 2. The van der Waals surface area contributed by atoms with Crippen LogP contribution in [0.15, 0.2) is 29.2 Å². The summed E-state index contributed by atoms with van der Waals surface area (Å²) >= 11 is 2.08. The molecule has 0 radical (unpaired) electrons. The van der Waals surface area contributed by atoms with Crippen molar-refractivity contribution < 1.29 is 0 Å². The molecule has 1 saturated carbocycles.